The molecule has 156 valence electrons. The first-order valence-corrected chi connectivity index (χ1v) is 7.93. The number of hydrogen-bond acceptors (Lipinski definition) is 7. The minimum Gasteiger partial charge on any atom is -0.444 e. The van der Waals surface area contributed by atoms with Gasteiger partial charge in [0.05, 0.1) is 15.5 Å². The van der Waals surface area contributed by atoms with Gasteiger partial charge in [0.2, 0.25) is 11.6 Å². The smallest absolute Gasteiger partial charge is 0.412 e. The number of nitrogens with one attached hydrogen (secondary N) is 1. The number of hydrogen-bond donors (Lipinski definition) is 2. The second-order valence-corrected chi connectivity index (χ2v) is 6.52. The van der Waals surface area contributed by atoms with Gasteiger partial charge in [-0.25, -0.2) is 4.79 Å². The summed E-state index contributed by atoms with van der Waals surface area (Å²) >= 11 is 0. The third kappa shape index (κ3) is 7.74. The van der Waals surface area contributed by atoms with E-state index < -0.39 is 44.6 Å². The summed E-state index contributed by atoms with van der Waals surface area (Å²) in [6.07, 6.45) is -0.761. The number of ether oxygens (including phenoxy) is 1. The molecule has 2 rings (SSSR count). The van der Waals surface area contributed by atoms with Gasteiger partial charge in [-0.1, -0.05) is 0 Å². The predicted molar refractivity (Wildman–Crippen MR) is 100 cm³/mol. The van der Waals surface area contributed by atoms with Crippen LogP contribution in [0.15, 0.2) is 36.4 Å². The molecule has 0 aliphatic carbocycles. The van der Waals surface area contributed by atoms with E-state index in [1.807, 2.05) is 0 Å². The van der Waals surface area contributed by atoms with Crippen LogP contribution in [0.3, 0.4) is 0 Å². The second-order valence-electron chi connectivity index (χ2n) is 6.52. The zero-order valence-electron chi connectivity index (χ0n) is 15.6. The molecule has 0 aliphatic heterocycles. The van der Waals surface area contributed by atoms with Crippen LogP contribution in [0.25, 0.3) is 0 Å². The highest BCUT2D eigenvalue weighted by atomic mass is 19.1. The number of carbonyl (C=O) groups excluding carboxylic acids is 1. The molecule has 0 saturated carbocycles. The van der Waals surface area contributed by atoms with Crippen LogP contribution >= 0.6 is 0 Å². The van der Waals surface area contributed by atoms with Gasteiger partial charge in [0.15, 0.2) is 0 Å². The van der Waals surface area contributed by atoms with Crippen molar-refractivity contribution in [1.82, 2.24) is 0 Å². The van der Waals surface area contributed by atoms with E-state index in [4.69, 9.17) is 10.5 Å². The SMILES string of the molecule is CC(C)(C)OC(=O)Nc1ccc(F)c([N+](=O)[O-])c1.Nc1ccc(F)c([N+](=O)[O-])c1. The molecule has 2 aromatic carbocycles. The average molecular weight is 412 g/mol. The van der Waals surface area contributed by atoms with Gasteiger partial charge < -0.3 is 10.5 Å². The molecule has 0 saturated heterocycles. The van der Waals surface area contributed by atoms with Crippen molar-refractivity contribution in [2.24, 2.45) is 0 Å². The summed E-state index contributed by atoms with van der Waals surface area (Å²) in [5.74, 6) is -1.83. The van der Waals surface area contributed by atoms with Crippen molar-refractivity contribution < 1.29 is 28.2 Å². The van der Waals surface area contributed by atoms with Crippen LogP contribution in [-0.4, -0.2) is 21.5 Å². The average Bonchev–Trinajstić information content (AvgIpc) is 2.57. The number of anilines is 2. The van der Waals surface area contributed by atoms with E-state index in [-0.39, 0.29) is 11.4 Å². The zero-order valence-corrected chi connectivity index (χ0v) is 15.6. The Labute approximate surface area is 163 Å². The molecule has 0 radical (unpaired) electrons. The van der Waals surface area contributed by atoms with Crippen LogP contribution in [0.2, 0.25) is 0 Å². The van der Waals surface area contributed by atoms with Crippen molar-refractivity contribution >= 4 is 28.8 Å². The Kier molecular flexibility index (Phi) is 7.52. The Hall–Kier alpha value is -3.83. The molecule has 0 fully saturated rings. The van der Waals surface area contributed by atoms with E-state index in [2.05, 4.69) is 5.32 Å². The van der Waals surface area contributed by atoms with Crippen LogP contribution in [-0.2, 0) is 4.74 Å². The lowest BCUT2D eigenvalue weighted by Crippen LogP contribution is -2.27. The quantitative estimate of drug-likeness (QED) is 0.431. The number of nitrogens with zero attached hydrogens (tertiary/aromatic N) is 2. The summed E-state index contributed by atoms with van der Waals surface area (Å²) in [5.41, 5.74) is 3.49. The zero-order chi connectivity index (χ0) is 22.4. The first-order valence-electron chi connectivity index (χ1n) is 7.93. The van der Waals surface area contributed by atoms with Gasteiger partial charge >= 0.3 is 17.5 Å². The van der Waals surface area contributed by atoms with Crippen molar-refractivity contribution in [3.8, 4) is 0 Å². The molecule has 0 spiro atoms. The molecule has 0 aromatic heterocycles. The number of nitro benzene ring substituents is 2. The van der Waals surface area contributed by atoms with Crippen LogP contribution in [0, 0.1) is 31.9 Å². The highest BCUT2D eigenvalue weighted by Crippen LogP contribution is 2.22. The fraction of sp³-hybridized carbons (Fsp3) is 0.235. The molecule has 0 atom stereocenters. The largest absolute Gasteiger partial charge is 0.444 e. The monoisotopic (exact) mass is 412 g/mol. The Morgan fingerprint density at radius 3 is 1.93 bits per heavy atom. The molecule has 0 bridgehead atoms. The summed E-state index contributed by atoms with van der Waals surface area (Å²) in [5, 5.41) is 22.9. The molecule has 2 aromatic rings. The Balaban J connectivity index is 0.000000326. The summed E-state index contributed by atoms with van der Waals surface area (Å²) in [6.45, 7) is 5.04. The van der Waals surface area contributed by atoms with E-state index in [9.17, 15) is 33.8 Å². The molecule has 10 nitrogen and oxygen atoms in total. The number of carbonyl (C=O) groups is 1. The topological polar surface area (TPSA) is 151 Å². The molecule has 1 amide bonds. The lowest BCUT2D eigenvalue weighted by atomic mass is 10.2. The highest BCUT2D eigenvalue weighted by Gasteiger charge is 2.19. The number of rotatable bonds is 3. The van der Waals surface area contributed by atoms with E-state index in [0.717, 1.165) is 24.3 Å². The van der Waals surface area contributed by atoms with Crippen molar-refractivity contribution in [2.45, 2.75) is 26.4 Å². The molecule has 29 heavy (non-hydrogen) atoms. The maximum absolute atomic E-state index is 13.0. The maximum atomic E-state index is 13.0. The molecule has 0 heterocycles. The minimum atomic E-state index is -0.963. The molecular formula is C17H18F2N4O6. The minimum absolute atomic E-state index is 0.0948. The van der Waals surface area contributed by atoms with E-state index in [0.29, 0.717) is 0 Å². The maximum Gasteiger partial charge on any atom is 0.412 e. The second kappa shape index (κ2) is 9.39. The normalized spacial score (nSPS) is 10.4. The van der Waals surface area contributed by atoms with Gasteiger partial charge in [-0.15, -0.1) is 0 Å². The first-order chi connectivity index (χ1) is 13.3. The fourth-order valence-electron chi connectivity index (χ4n) is 1.82. The van der Waals surface area contributed by atoms with Crippen LogP contribution in [0.4, 0.5) is 36.3 Å². The Morgan fingerprint density at radius 1 is 1.00 bits per heavy atom. The summed E-state index contributed by atoms with van der Waals surface area (Å²) in [7, 11) is 0. The third-order valence-electron chi connectivity index (χ3n) is 2.96. The lowest BCUT2D eigenvalue weighted by Gasteiger charge is -2.19. The summed E-state index contributed by atoms with van der Waals surface area (Å²) < 4.78 is 30.5. The third-order valence-corrected chi connectivity index (χ3v) is 2.96. The van der Waals surface area contributed by atoms with E-state index >= 15 is 0 Å². The van der Waals surface area contributed by atoms with Crippen molar-refractivity contribution in [3.05, 3.63) is 68.3 Å². The summed E-state index contributed by atoms with van der Waals surface area (Å²) in [6, 6.07) is 6.27. The van der Waals surface area contributed by atoms with Crippen molar-refractivity contribution in [2.75, 3.05) is 11.1 Å². The number of nitro groups is 2. The molecule has 3 N–H and O–H groups in total. The molecular weight excluding hydrogens is 394 g/mol. The molecule has 0 unspecified atom stereocenters. The van der Waals surface area contributed by atoms with Crippen LogP contribution < -0.4 is 11.1 Å². The van der Waals surface area contributed by atoms with Crippen molar-refractivity contribution in [1.29, 1.82) is 0 Å². The Bertz CT molecular complexity index is 931. The number of nitrogens with two attached hydrogens (primary N) is 1. The summed E-state index contributed by atoms with van der Waals surface area (Å²) in [4.78, 5) is 30.3. The number of nitrogen functional groups attached to an aromatic ring is 1. The number of benzene rings is 2. The number of halogens is 2. The van der Waals surface area contributed by atoms with Crippen LogP contribution in [0.5, 0.6) is 0 Å². The fourth-order valence-corrected chi connectivity index (χ4v) is 1.82. The predicted octanol–water partition coefficient (Wildman–Crippen LogP) is 4.40. The lowest BCUT2D eigenvalue weighted by molar-refractivity contribution is -0.387. The van der Waals surface area contributed by atoms with Gasteiger partial charge in [-0.2, -0.15) is 8.78 Å². The van der Waals surface area contributed by atoms with Gasteiger partial charge in [0.1, 0.15) is 5.60 Å². The Morgan fingerprint density at radius 2 is 1.48 bits per heavy atom. The van der Waals surface area contributed by atoms with Gasteiger partial charge in [-0.3, -0.25) is 25.5 Å². The van der Waals surface area contributed by atoms with Gasteiger partial charge in [-0.05, 0) is 45.0 Å². The molecule has 12 heteroatoms. The number of amides is 1. The standard InChI is InChI=1S/C11H13FN2O4.C6H5FN2O2/c1-11(2,3)18-10(15)13-7-4-5-8(12)9(6-7)14(16)17;7-5-2-1-4(8)3-6(5)9(10)11/h4-6H,1-3H3,(H,13,15);1-3H,8H2. The van der Waals surface area contributed by atoms with Crippen LogP contribution in [0.1, 0.15) is 20.8 Å². The van der Waals surface area contributed by atoms with Gasteiger partial charge in [0.25, 0.3) is 0 Å². The van der Waals surface area contributed by atoms with E-state index in [1.54, 1.807) is 20.8 Å². The highest BCUT2D eigenvalue weighted by molar-refractivity contribution is 5.85. The molecule has 0 aliphatic rings. The van der Waals surface area contributed by atoms with Gasteiger partial charge in [0, 0.05) is 17.8 Å². The first kappa shape index (κ1) is 23.2. The van der Waals surface area contributed by atoms with E-state index in [1.165, 1.54) is 12.1 Å². The van der Waals surface area contributed by atoms with Crippen molar-refractivity contribution in [3.63, 3.8) is 0 Å².